The molecule has 0 aliphatic rings. The molecule has 0 amide bonds. The Morgan fingerprint density at radius 3 is 1.75 bits per heavy atom. The Morgan fingerprint density at radius 1 is 1.00 bits per heavy atom. The molecule has 1 rings (SSSR count). The molecular formula is C18H29NO. The van der Waals surface area contributed by atoms with E-state index in [4.69, 9.17) is 0 Å². The van der Waals surface area contributed by atoms with Crippen LogP contribution in [0.2, 0.25) is 0 Å². The lowest BCUT2D eigenvalue weighted by atomic mass is 9.89. The summed E-state index contributed by atoms with van der Waals surface area (Å²) < 4.78 is 0. The molecule has 0 saturated heterocycles. The standard InChI is InChI=1S/C18H29NO/c1-8-9-17(19(6)7)14-10-15(12(2)3)18(20)16(11-14)13(4)5/h8-13,17,20H,1-7H3/b9-8+. The molecule has 1 atom stereocenters. The van der Waals surface area contributed by atoms with Gasteiger partial charge in [0.15, 0.2) is 0 Å². The summed E-state index contributed by atoms with van der Waals surface area (Å²) in [4.78, 5) is 2.20. The molecule has 20 heavy (non-hydrogen) atoms. The molecule has 112 valence electrons. The Morgan fingerprint density at radius 2 is 1.45 bits per heavy atom. The minimum Gasteiger partial charge on any atom is -0.507 e. The van der Waals surface area contributed by atoms with Crippen molar-refractivity contribution in [2.45, 2.75) is 52.5 Å². The van der Waals surface area contributed by atoms with Gasteiger partial charge in [0.2, 0.25) is 0 Å². The highest BCUT2D eigenvalue weighted by Gasteiger charge is 2.19. The largest absolute Gasteiger partial charge is 0.507 e. The highest BCUT2D eigenvalue weighted by molar-refractivity contribution is 5.48. The van der Waals surface area contributed by atoms with Crippen molar-refractivity contribution in [2.75, 3.05) is 14.1 Å². The van der Waals surface area contributed by atoms with Crippen LogP contribution in [0.4, 0.5) is 0 Å². The van der Waals surface area contributed by atoms with E-state index in [2.05, 4.69) is 71.0 Å². The zero-order valence-electron chi connectivity index (χ0n) is 13.9. The molecular weight excluding hydrogens is 246 g/mol. The van der Waals surface area contributed by atoms with E-state index in [0.717, 1.165) is 11.1 Å². The van der Waals surface area contributed by atoms with Crippen molar-refractivity contribution < 1.29 is 5.11 Å². The van der Waals surface area contributed by atoms with Crippen LogP contribution >= 0.6 is 0 Å². The minimum atomic E-state index is 0.246. The molecule has 0 radical (unpaired) electrons. The third-order valence-corrected chi connectivity index (χ3v) is 3.71. The fraction of sp³-hybridized carbons (Fsp3) is 0.556. The first-order chi connectivity index (χ1) is 9.29. The molecule has 1 aromatic carbocycles. The van der Waals surface area contributed by atoms with E-state index in [1.165, 1.54) is 5.56 Å². The van der Waals surface area contributed by atoms with Gasteiger partial charge in [0.05, 0.1) is 6.04 Å². The van der Waals surface area contributed by atoms with Gasteiger partial charge < -0.3 is 5.11 Å². The summed E-state index contributed by atoms with van der Waals surface area (Å²) >= 11 is 0. The second kappa shape index (κ2) is 6.94. The Hall–Kier alpha value is -1.28. The number of allylic oxidation sites excluding steroid dienone is 1. The zero-order valence-corrected chi connectivity index (χ0v) is 13.9. The first kappa shape index (κ1) is 16.8. The average Bonchev–Trinajstić information content (AvgIpc) is 2.35. The van der Waals surface area contributed by atoms with Gasteiger partial charge in [-0.25, -0.2) is 0 Å². The molecule has 0 saturated carbocycles. The van der Waals surface area contributed by atoms with Crippen molar-refractivity contribution in [1.82, 2.24) is 4.90 Å². The van der Waals surface area contributed by atoms with Gasteiger partial charge >= 0.3 is 0 Å². The van der Waals surface area contributed by atoms with Crippen LogP contribution in [0.15, 0.2) is 24.3 Å². The second-order valence-electron chi connectivity index (χ2n) is 6.29. The topological polar surface area (TPSA) is 23.5 Å². The number of rotatable bonds is 5. The molecule has 1 unspecified atom stereocenters. The molecule has 1 N–H and O–H groups in total. The quantitative estimate of drug-likeness (QED) is 0.779. The SMILES string of the molecule is C/C=C/C(c1cc(C(C)C)c(O)c(C(C)C)c1)N(C)C. The molecule has 0 fully saturated rings. The number of hydrogen-bond donors (Lipinski definition) is 1. The normalized spacial score (nSPS) is 13.9. The van der Waals surface area contributed by atoms with Gasteiger partial charge in [-0.1, -0.05) is 39.8 Å². The summed E-state index contributed by atoms with van der Waals surface area (Å²) in [5.41, 5.74) is 3.34. The van der Waals surface area contributed by atoms with E-state index >= 15 is 0 Å². The Bertz CT molecular complexity index is 443. The molecule has 0 spiro atoms. The number of hydrogen-bond acceptors (Lipinski definition) is 2. The van der Waals surface area contributed by atoms with Gasteiger partial charge in [-0.3, -0.25) is 4.90 Å². The van der Waals surface area contributed by atoms with Gasteiger partial charge in [0.1, 0.15) is 5.75 Å². The lowest BCUT2D eigenvalue weighted by Crippen LogP contribution is -2.18. The lowest BCUT2D eigenvalue weighted by molar-refractivity contribution is 0.350. The summed E-state index contributed by atoms with van der Waals surface area (Å²) in [6.45, 7) is 10.6. The average molecular weight is 275 g/mol. The number of phenols is 1. The van der Waals surface area contributed by atoms with Crippen LogP contribution in [0.3, 0.4) is 0 Å². The van der Waals surface area contributed by atoms with E-state index in [1.54, 1.807) is 0 Å². The summed E-state index contributed by atoms with van der Waals surface area (Å²) in [6.07, 6.45) is 4.28. The van der Waals surface area contributed by atoms with Crippen LogP contribution in [0.1, 0.15) is 69.2 Å². The fourth-order valence-electron chi connectivity index (χ4n) is 2.52. The maximum absolute atomic E-state index is 10.5. The number of aromatic hydroxyl groups is 1. The fourth-order valence-corrected chi connectivity index (χ4v) is 2.52. The van der Waals surface area contributed by atoms with Crippen molar-refractivity contribution in [3.63, 3.8) is 0 Å². The van der Waals surface area contributed by atoms with Crippen molar-refractivity contribution in [3.05, 3.63) is 41.0 Å². The first-order valence-electron chi connectivity index (χ1n) is 7.45. The second-order valence-corrected chi connectivity index (χ2v) is 6.29. The summed E-state index contributed by atoms with van der Waals surface area (Å²) in [7, 11) is 4.17. The highest BCUT2D eigenvalue weighted by Crippen LogP contribution is 2.37. The van der Waals surface area contributed by atoms with Crippen molar-refractivity contribution >= 4 is 0 Å². The van der Waals surface area contributed by atoms with Crippen molar-refractivity contribution in [1.29, 1.82) is 0 Å². The van der Waals surface area contributed by atoms with E-state index in [-0.39, 0.29) is 6.04 Å². The van der Waals surface area contributed by atoms with E-state index in [0.29, 0.717) is 17.6 Å². The number of phenolic OH excluding ortho intramolecular Hbond substituents is 1. The highest BCUT2D eigenvalue weighted by atomic mass is 16.3. The molecule has 0 aromatic heterocycles. The molecule has 2 nitrogen and oxygen atoms in total. The third-order valence-electron chi connectivity index (χ3n) is 3.71. The molecule has 0 heterocycles. The van der Waals surface area contributed by atoms with Crippen LogP contribution < -0.4 is 0 Å². The monoisotopic (exact) mass is 275 g/mol. The van der Waals surface area contributed by atoms with E-state index < -0.39 is 0 Å². The van der Waals surface area contributed by atoms with Gasteiger partial charge in [-0.15, -0.1) is 0 Å². The number of likely N-dealkylation sites (N-methyl/N-ethyl adjacent to an activating group) is 1. The number of benzene rings is 1. The predicted molar refractivity (Wildman–Crippen MR) is 87.5 cm³/mol. The van der Waals surface area contributed by atoms with Gasteiger partial charge in [-0.2, -0.15) is 0 Å². The van der Waals surface area contributed by atoms with Crippen LogP contribution in [0, 0.1) is 0 Å². The smallest absolute Gasteiger partial charge is 0.122 e. The first-order valence-corrected chi connectivity index (χ1v) is 7.45. The van der Waals surface area contributed by atoms with Crippen LogP contribution in [-0.4, -0.2) is 24.1 Å². The maximum Gasteiger partial charge on any atom is 0.122 e. The Kier molecular flexibility index (Phi) is 5.82. The molecule has 0 aliphatic heterocycles. The van der Waals surface area contributed by atoms with Crippen LogP contribution in [0.25, 0.3) is 0 Å². The lowest BCUT2D eigenvalue weighted by Gasteiger charge is -2.25. The number of nitrogens with zero attached hydrogens (tertiary/aromatic N) is 1. The molecule has 2 heteroatoms. The van der Waals surface area contributed by atoms with E-state index in [1.807, 2.05) is 6.92 Å². The van der Waals surface area contributed by atoms with Crippen molar-refractivity contribution in [3.8, 4) is 5.75 Å². The molecule has 1 aromatic rings. The molecule has 0 bridgehead atoms. The maximum atomic E-state index is 10.5. The van der Waals surface area contributed by atoms with Gasteiger partial charge in [0.25, 0.3) is 0 Å². The Labute approximate surface area is 124 Å². The Balaban J connectivity index is 3.47. The minimum absolute atomic E-state index is 0.246. The van der Waals surface area contributed by atoms with E-state index in [9.17, 15) is 5.11 Å². The molecule has 0 aliphatic carbocycles. The summed E-state index contributed by atoms with van der Waals surface area (Å²) in [5, 5.41) is 10.5. The summed E-state index contributed by atoms with van der Waals surface area (Å²) in [6, 6.07) is 4.54. The van der Waals surface area contributed by atoms with Gasteiger partial charge in [-0.05, 0) is 61.7 Å². The zero-order chi connectivity index (χ0) is 15.4. The van der Waals surface area contributed by atoms with Crippen molar-refractivity contribution in [2.24, 2.45) is 0 Å². The van der Waals surface area contributed by atoms with Gasteiger partial charge in [0, 0.05) is 0 Å². The van der Waals surface area contributed by atoms with Crippen LogP contribution in [0.5, 0.6) is 5.75 Å². The van der Waals surface area contributed by atoms with Crippen LogP contribution in [-0.2, 0) is 0 Å². The third kappa shape index (κ3) is 3.63. The predicted octanol–water partition coefficient (Wildman–Crippen LogP) is 4.82. The summed E-state index contributed by atoms with van der Waals surface area (Å²) in [5.74, 6) is 1.11.